The van der Waals surface area contributed by atoms with Crippen LogP contribution in [-0.4, -0.2) is 77.5 Å². The Balaban J connectivity index is 2.03. The van der Waals surface area contributed by atoms with Gasteiger partial charge in [-0.05, 0) is 6.07 Å². The zero-order valence-electron chi connectivity index (χ0n) is 21.0. The number of allylic oxidation sites excluding steroid dienone is 2. The van der Waals surface area contributed by atoms with Crippen molar-refractivity contribution in [2.45, 2.75) is 51.4 Å². The highest BCUT2D eigenvalue weighted by Crippen LogP contribution is 2.42. The zero-order chi connectivity index (χ0) is 28.1. The third-order valence-corrected chi connectivity index (χ3v) is 6.82. The van der Waals surface area contributed by atoms with Crippen molar-refractivity contribution in [3.8, 4) is 5.75 Å². The smallest absolute Gasteiger partial charge is 0.303 e. The molecule has 1 N–H and O–H groups in total. The Bertz CT molecular complexity index is 1190. The number of hydrogen-bond acceptors (Lipinski definition) is 13. The fourth-order valence-electron chi connectivity index (χ4n) is 4.06. The molecule has 1 aromatic rings. The molecule has 0 amide bonds. The number of hydrogen-bond donors (Lipinski definition) is 1. The van der Waals surface area contributed by atoms with Crippen LogP contribution in [-0.2, 0) is 42.9 Å². The SMILES string of the molecule is CC(=O)OC[C@@H]1[C@@H](OC(C)=O)[C@H](OC(C)=O)[C@@H](COC(C)=O)O[C@H]1SC1=CC(=O)c2cccc(O)c2C1=O. The lowest BCUT2D eigenvalue weighted by Gasteiger charge is -2.44. The summed E-state index contributed by atoms with van der Waals surface area (Å²) in [4.78, 5) is 72.9. The van der Waals surface area contributed by atoms with E-state index in [0.717, 1.165) is 45.5 Å². The second-order valence-electron chi connectivity index (χ2n) is 8.48. The molecule has 1 heterocycles. The first-order valence-electron chi connectivity index (χ1n) is 11.4. The molecule has 1 saturated heterocycles. The Morgan fingerprint density at radius 3 is 2.11 bits per heavy atom. The van der Waals surface area contributed by atoms with Crippen LogP contribution in [0.1, 0.15) is 48.4 Å². The summed E-state index contributed by atoms with van der Waals surface area (Å²) in [6.07, 6.45) is -2.59. The standard InChI is InChI=1S/C25H26O12S/c1-11(26)33-9-16-23(35-13(3)28)24(36-14(4)29)19(10-34-12(2)27)37-25(16)38-20-8-18(31)15-6-5-7-17(30)21(15)22(20)32/h5-8,16,19,23-25,30H,9-10H2,1-4H3/t16-,19-,23-,24-,25+/m1/s1. The van der Waals surface area contributed by atoms with Crippen molar-refractivity contribution in [2.24, 2.45) is 5.92 Å². The first-order chi connectivity index (χ1) is 17.9. The maximum atomic E-state index is 13.2. The van der Waals surface area contributed by atoms with Gasteiger partial charge in [0.2, 0.25) is 5.78 Å². The van der Waals surface area contributed by atoms with E-state index in [4.69, 9.17) is 23.7 Å². The van der Waals surface area contributed by atoms with Crippen molar-refractivity contribution in [1.82, 2.24) is 0 Å². The molecule has 0 bridgehead atoms. The van der Waals surface area contributed by atoms with Crippen LogP contribution >= 0.6 is 11.8 Å². The zero-order valence-corrected chi connectivity index (χ0v) is 21.8. The summed E-state index contributed by atoms with van der Waals surface area (Å²) < 4.78 is 27.1. The van der Waals surface area contributed by atoms with Crippen LogP contribution < -0.4 is 0 Å². The third-order valence-electron chi connectivity index (χ3n) is 5.57. The van der Waals surface area contributed by atoms with Gasteiger partial charge in [0.25, 0.3) is 0 Å². The lowest BCUT2D eigenvalue weighted by atomic mass is 9.92. The molecule has 38 heavy (non-hydrogen) atoms. The van der Waals surface area contributed by atoms with Gasteiger partial charge in [-0.3, -0.25) is 28.8 Å². The highest BCUT2D eigenvalue weighted by molar-refractivity contribution is 8.04. The number of benzene rings is 1. The molecule has 1 aliphatic carbocycles. The van der Waals surface area contributed by atoms with Crippen LogP contribution in [0.25, 0.3) is 0 Å². The van der Waals surface area contributed by atoms with E-state index in [0.29, 0.717) is 0 Å². The first kappa shape index (κ1) is 28.9. The highest BCUT2D eigenvalue weighted by Gasteiger charge is 2.51. The fourth-order valence-corrected chi connectivity index (χ4v) is 5.30. The molecule has 0 radical (unpaired) electrons. The van der Waals surface area contributed by atoms with Gasteiger partial charge < -0.3 is 28.8 Å². The number of phenols is 1. The number of Topliss-reactive ketones (excluding diaryl/α,β-unsaturated/α-hetero) is 1. The molecule has 204 valence electrons. The predicted octanol–water partition coefficient (Wildman–Crippen LogP) is 1.72. The number of thioether (sulfide) groups is 1. The van der Waals surface area contributed by atoms with Crippen LogP contribution in [0.3, 0.4) is 0 Å². The van der Waals surface area contributed by atoms with Crippen molar-refractivity contribution in [3.63, 3.8) is 0 Å². The van der Waals surface area contributed by atoms with Crippen LogP contribution in [0.5, 0.6) is 5.75 Å². The van der Waals surface area contributed by atoms with E-state index in [1.54, 1.807) is 0 Å². The van der Waals surface area contributed by atoms with Crippen molar-refractivity contribution >= 4 is 47.2 Å². The lowest BCUT2D eigenvalue weighted by molar-refractivity contribution is -0.224. The number of phenolic OH excluding ortho intramolecular Hbond substituents is 1. The van der Waals surface area contributed by atoms with Crippen LogP contribution in [0.2, 0.25) is 0 Å². The molecule has 0 spiro atoms. The summed E-state index contributed by atoms with van der Waals surface area (Å²) in [6, 6.07) is 4.11. The molecule has 0 unspecified atom stereocenters. The van der Waals surface area contributed by atoms with E-state index in [1.165, 1.54) is 18.2 Å². The fraction of sp³-hybridized carbons (Fsp3) is 0.440. The molecule has 3 rings (SSSR count). The average Bonchev–Trinajstić information content (AvgIpc) is 2.81. The largest absolute Gasteiger partial charge is 0.507 e. The summed E-state index contributed by atoms with van der Waals surface area (Å²) in [7, 11) is 0. The van der Waals surface area contributed by atoms with Gasteiger partial charge in [-0.25, -0.2) is 0 Å². The van der Waals surface area contributed by atoms with E-state index >= 15 is 0 Å². The van der Waals surface area contributed by atoms with Gasteiger partial charge in [0, 0.05) is 39.3 Å². The maximum absolute atomic E-state index is 13.2. The van der Waals surface area contributed by atoms with Gasteiger partial charge in [-0.1, -0.05) is 23.9 Å². The molecular formula is C25H26O12S. The minimum atomic E-state index is -1.27. The molecule has 0 aromatic heterocycles. The second-order valence-corrected chi connectivity index (χ2v) is 9.62. The Hall–Kier alpha value is -3.71. The molecule has 1 aromatic carbocycles. The topological polar surface area (TPSA) is 169 Å². The Kier molecular flexibility index (Phi) is 9.28. The van der Waals surface area contributed by atoms with E-state index in [-0.39, 0.29) is 28.4 Å². The van der Waals surface area contributed by atoms with Gasteiger partial charge in [-0.2, -0.15) is 0 Å². The van der Waals surface area contributed by atoms with Gasteiger partial charge in [0.1, 0.15) is 30.5 Å². The Morgan fingerprint density at radius 1 is 0.895 bits per heavy atom. The number of fused-ring (bicyclic) bond motifs is 1. The van der Waals surface area contributed by atoms with E-state index in [2.05, 4.69) is 0 Å². The van der Waals surface area contributed by atoms with Crippen LogP contribution in [0.4, 0.5) is 0 Å². The third kappa shape index (κ3) is 6.78. The van der Waals surface area contributed by atoms with Crippen molar-refractivity contribution in [3.05, 3.63) is 40.3 Å². The first-order valence-corrected chi connectivity index (χ1v) is 12.3. The minimum Gasteiger partial charge on any atom is -0.507 e. The summed E-state index contributed by atoms with van der Waals surface area (Å²) in [6.45, 7) is 3.78. The Labute approximate surface area is 221 Å². The van der Waals surface area contributed by atoms with Crippen molar-refractivity contribution < 1.29 is 57.6 Å². The summed E-state index contributed by atoms with van der Waals surface area (Å²) in [5.74, 6) is -5.38. The van der Waals surface area contributed by atoms with E-state index in [1.807, 2.05) is 0 Å². The summed E-state index contributed by atoms with van der Waals surface area (Å²) in [5, 5.41) is 10.2. The quantitative estimate of drug-likeness (QED) is 0.367. The van der Waals surface area contributed by atoms with Crippen LogP contribution in [0, 0.1) is 5.92 Å². The average molecular weight is 551 g/mol. The number of ketones is 2. The molecule has 1 fully saturated rings. The van der Waals surface area contributed by atoms with Crippen LogP contribution in [0.15, 0.2) is 29.2 Å². The molecule has 2 aliphatic rings. The van der Waals surface area contributed by atoms with Crippen molar-refractivity contribution in [2.75, 3.05) is 13.2 Å². The number of esters is 4. The second kappa shape index (κ2) is 12.2. The number of rotatable bonds is 8. The Morgan fingerprint density at radius 2 is 1.50 bits per heavy atom. The molecular weight excluding hydrogens is 524 g/mol. The molecule has 0 saturated carbocycles. The van der Waals surface area contributed by atoms with Gasteiger partial charge in [0.05, 0.1) is 16.4 Å². The number of carbonyl (C=O) groups is 6. The lowest BCUT2D eigenvalue weighted by Crippen LogP contribution is -2.59. The highest BCUT2D eigenvalue weighted by atomic mass is 32.2. The maximum Gasteiger partial charge on any atom is 0.303 e. The minimum absolute atomic E-state index is 0.0285. The van der Waals surface area contributed by atoms with Gasteiger partial charge in [0.15, 0.2) is 18.0 Å². The monoisotopic (exact) mass is 550 g/mol. The van der Waals surface area contributed by atoms with E-state index in [9.17, 15) is 33.9 Å². The van der Waals surface area contributed by atoms with E-state index < -0.39 is 71.7 Å². The molecule has 12 nitrogen and oxygen atoms in total. The van der Waals surface area contributed by atoms with Gasteiger partial charge >= 0.3 is 23.9 Å². The van der Waals surface area contributed by atoms with Gasteiger partial charge in [-0.15, -0.1) is 0 Å². The molecule has 13 heteroatoms. The van der Waals surface area contributed by atoms with Crippen molar-refractivity contribution in [1.29, 1.82) is 0 Å². The molecule has 5 atom stereocenters. The number of aromatic hydroxyl groups is 1. The normalized spacial score (nSPS) is 24.5. The predicted molar refractivity (Wildman–Crippen MR) is 129 cm³/mol. The summed E-state index contributed by atoms with van der Waals surface area (Å²) in [5.41, 5.74) is -1.28. The number of carbonyl (C=O) groups excluding carboxylic acids is 6. The number of ether oxygens (including phenoxy) is 5. The molecule has 1 aliphatic heterocycles. The summed E-state index contributed by atoms with van der Waals surface area (Å²) >= 11 is 0.769.